The van der Waals surface area contributed by atoms with Gasteiger partial charge in [0.2, 0.25) is 0 Å². The summed E-state index contributed by atoms with van der Waals surface area (Å²) in [5.41, 5.74) is 1.20. The Morgan fingerprint density at radius 3 is 2.75 bits per heavy atom. The van der Waals surface area contributed by atoms with Gasteiger partial charge in [-0.1, -0.05) is 19.0 Å². The Labute approximate surface area is 168 Å². The normalized spacial score (nSPS) is 52.2. The molecule has 5 aliphatic rings. The highest BCUT2D eigenvalue weighted by Crippen LogP contribution is 2.65. The van der Waals surface area contributed by atoms with Crippen LogP contribution in [-0.2, 0) is 9.63 Å². The number of hydrogen-bond donors (Lipinski definition) is 2. The lowest BCUT2D eigenvalue weighted by atomic mass is 9.44. The Bertz CT molecular complexity index is 673. The van der Waals surface area contributed by atoms with Crippen LogP contribution in [0.1, 0.15) is 71.6 Å². The Kier molecular flexibility index (Phi) is 4.63. The molecule has 5 fully saturated rings. The summed E-state index contributed by atoms with van der Waals surface area (Å²) in [7, 11) is 0. The first-order chi connectivity index (χ1) is 13.4. The van der Waals surface area contributed by atoms with Crippen LogP contribution in [0.2, 0.25) is 0 Å². The van der Waals surface area contributed by atoms with E-state index < -0.39 is 0 Å². The van der Waals surface area contributed by atoms with Gasteiger partial charge in [-0.05, 0) is 80.6 Å². The first-order valence-electron chi connectivity index (χ1n) is 11.6. The van der Waals surface area contributed by atoms with Gasteiger partial charge in [0.05, 0.1) is 11.8 Å². The minimum Gasteiger partial charge on any atom is -0.393 e. The van der Waals surface area contributed by atoms with Crippen LogP contribution < -0.4 is 5.32 Å². The summed E-state index contributed by atoms with van der Waals surface area (Å²) in [6.45, 7) is 6.55. The number of ketones is 1. The second-order valence-electron chi connectivity index (χ2n) is 10.8. The van der Waals surface area contributed by atoms with Crippen LogP contribution in [0.5, 0.6) is 0 Å². The van der Waals surface area contributed by atoms with Crippen LogP contribution in [0, 0.1) is 34.5 Å². The van der Waals surface area contributed by atoms with E-state index in [2.05, 4.69) is 24.3 Å². The quantitative estimate of drug-likeness (QED) is 0.712. The maximum atomic E-state index is 12.6. The van der Waals surface area contributed by atoms with Crippen LogP contribution in [0.25, 0.3) is 0 Å². The van der Waals surface area contributed by atoms with Gasteiger partial charge in [-0.25, -0.2) is 0 Å². The molecule has 4 aliphatic carbocycles. The molecule has 0 spiro atoms. The Hall–Kier alpha value is -0.940. The van der Waals surface area contributed by atoms with Crippen molar-refractivity contribution in [3.8, 4) is 0 Å². The van der Waals surface area contributed by atoms with Gasteiger partial charge in [0, 0.05) is 24.8 Å². The molecule has 0 amide bonds. The van der Waals surface area contributed by atoms with Crippen molar-refractivity contribution < 1.29 is 14.7 Å². The Balaban J connectivity index is 1.34. The molecular formula is C23H36N2O3. The maximum absolute atomic E-state index is 12.6. The van der Waals surface area contributed by atoms with E-state index in [4.69, 9.17) is 4.84 Å². The predicted octanol–water partition coefficient (Wildman–Crippen LogP) is 3.30. The van der Waals surface area contributed by atoms with E-state index in [0.717, 1.165) is 76.6 Å². The smallest absolute Gasteiger partial charge is 0.141 e. The van der Waals surface area contributed by atoms with Gasteiger partial charge in [0.1, 0.15) is 11.9 Å². The number of fused-ring (bicyclic) bond motifs is 5. The summed E-state index contributed by atoms with van der Waals surface area (Å²) >= 11 is 0. The first kappa shape index (κ1) is 19.0. The van der Waals surface area contributed by atoms with Crippen molar-refractivity contribution in [3.05, 3.63) is 0 Å². The molecule has 28 heavy (non-hydrogen) atoms. The lowest BCUT2D eigenvalue weighted by Gasteiger charge is -2.60. The molecule has 5 nitrogen and oxygen atoms in total. The van der Waals surface area contributed by atoms with Crippen molar-refractivity contribution >= 4 is 11.5 Å². The van der Waals surface area contributed by atoms with Crippen molar-refractivity contribution in [3.63, 3.8) is 0 Å². The lowest BCUT2D eigenvalue weighted by Crippen LogP contribution is -2.57. The molecule has 0 aromatic heterocycles. The SMILES string of the molecule is C[C@]12CC/C(=N/O[C@@H]3CCNC3)C[C@@H]1[C@H](O)C[C@@H]1[C@@H]2CC[C@]2(C)C(=O)CC[C@@H]12. The van der Waals surface area contributed by atoms with Crippen molar-refractivity contribution in [2.24, 2.45) is 39.7 Å². The third-order valence-corrected chi connectivity index (χ3v) is 9.57. The molecule has 1 aliphatic heterocycles. The topological polar surface area (TPSA) is 70.9 Å². The molecule has 8 atom stereocenters. The van der Waals surface area contributed by atoms with Gasteiger partial charge < -0.3 is 15.3 Å². The highest BCUT2D eigenvalue weighted by molar-refractivity contribution is 5.87. The largest absolute Gasteiger partial charge is 0.393 e. The van der Waals surface area contributed by atoms with Crippen LogP contribution in [0.4, 0.5) is 0 Å². The standard InChI is InChI=1S/C23H36N2O3/c1-22-8-5-14(25-28-15-7-10-24-13-15)11-19(22)20(26)12-16-17-3-4-21(27)23(17,2)9-6-18(16)22/h15-20,24,26H,3-13H2,1-2H3/b25-14-/t15-,16+,17+,18+,19-,20-,22-,23+/m1/s1. The number of nitrogens with one attached hydrogen (secondary N) is 1. The molecule has 4 saturated carbocycles. The molecule has 5 rings (SSSR count). The summed E-state index contributed by atoms with van der Waals surface area (Å²) < 4.78 is 0. The monoisotopic (exact) mass is 388 g/mol. The number of Topliss-reactive ketones (excluding diaryl/α,β-unsaturated/α-hetero) is 1. The number of aliphatic hydroxyl groups is 1. The first-order valence-corrected chi connectivity index (χ1v) is 11.6. The van der Waals surface area contributed by atoms with E-state index >= 15 is 0 Å². The number of oxime groups is 1. The summed E-state index contributed by atoms with van der Waals surface area (Å²) in [5, 5.41) is 19.0. The number of rotatable bonds is 2. The van der Waals surface area contributed by atoms with E-state index in [0.29, 0.717) is 23.5 Å². The average Bonchev–Trinajstić information content (AvgIpc) is 3.29. The summed E-state index contributed by atoms with van der Waals surface area (Å²) in [5.74, 6) is 2.41. The second kappa shape index (κ2) is 6.80. The molecule has 0 aromatic rings. The fraction of sp³-hybridized carbons (Fsp3) is 0.913. The zero-order valence-electron chi connectivity index (χ0n) is 17.5. The third kappa shape index (κ3) is 2.79. The highest BCUT2D eigenvalue weighted by atomic mass is 16.6. The van der Waals surface area contributed by atoms with Crippen molar-refractivity contribution in [2.75, 3.05) is 13.1 Å². The van der Waals surface area contributed by atoms with Gasteiger partial charge in [0.25, 0.3) is 0 Å². The molecule has 5 heteroatoms. The Morgan fingerprint density at radius 1 is 1.11 bits per heavy atom. The summed E-state index contributed by atoms with van der Waals surface area (Å²) in [6.07, 6.45) is 8.80. The zero-order chi connectivity index (χ0) is 19.5. The van der Waals surface area contributed by atoms with Crippen molar-refractivity contribution in [1.82, 2.24) is 5.32 Å². The predicted molar refractivity (Wildman–Crippen MR) is 108 cm³/mol. The van der Waals surface area contributed by atoms with Gasteiger partial charge in [0.15, 0.2) is 0 Å². The number of nitrogens with zero attached hydrogens (tertiary/aromatic N) is 1. The van der Waals surface area contributed by atoms with Crippen molar-refractivity contribution in [1.29, 1.82) is 0 Å². The number of carbonyl (C=O) groups excluding carboxylic acids is 1. The molecule has 0 unspecified atom stereocenters. The van der Waals surface area contributed by atoms with Crippen LogP contribution >= 0.6 is 0 Å². The fourth-order valence-electron chi connectivity index (χ4n) is 7.82. The zero-order valence-corrected chi connectivity index (χ0v) is 17.5. The molecule has 0 bridgehead atoms. The van der Waals surface area contributed by atoms with E-state index in [1.165, 1.54) is 0 Å². The van der Waals surface area contributed by atoms with E-state index in [1.54, 1.807) is 0 Å². The van der Waals surface area contributed by atoms with Gasteiger partial charge in [-0.3, -0.25) is 4.79 Å². The second-order valence-corrected chi connectivity index (χ2v) is 10.8. The molecule has 156 valence electrons. The number of aliphatic hydroxyl groups excluding tert-OH is 1. The van der Waals surface area contributed by atoms with Crippen molar-refractivity contribution in [2.45, 2.75) is 83.8 Å². The molecule has 1 heterocycles. The molecular weight excluding hydrogens is 352 g/mol. The van der Waals surface area contributed by atoms with E-state index in [1.807, 2.05) is 0 Å². The van der Waals surface area contributed by atoms with Crippen LogP contribution in [0.3, 0.4) is 0 Å². The van der Waals surface area contributed by atoms with Gasteiger partial charge in [-0.15, -0.1) is 0 Å². The Morgan fingerprint density at radius 2 is 1.96 bits per heavy atom. The highest BCUT2D eigenvalue weighted by Gasteiger charge is 2.61. The maximum Gasteiger partial charge on any atom is 0.141 e. The summed E-state index contributed by atoms with van der Waals surface area (Å²) in [4.78, 5) is 18.4. The van der Waals surface area contributed by atoms with Crippen LogP contribution in [0.15, 0.2) is 5.16 Å². The van der Waals surface area contributed by atoms with E-state index in [9.17, 15) is 9.90 Å². The molecule has 0 aromatic carbocycles. The average molecular weight is 389 g/mol. The molecule has 1 saturated heterocycles. The van der Waals surface area contributed by atoms with E-state index in [-0.39, 0.29) is 29.0 Å². The minimum atomic E-state index is -0.275. The fourth-order valence-corrected chi connectivity index (χ4v) is 7.82. The molecule has 2 N–H and O–H groups in total. The number of hydrogen-bond acceptors (Lipinski definition) is 5. The summed E-state index contributed by atoms with van der Waals surface area (Å²) in [6, 6.07) is 0. The third-order valence-electron chi connectivity index (χ3n) is 9.57. The van der Waals surface area contributed by atoms with Crippen LogP contribution in [-0.4, -0.2) is 41.9 Å². The van der Waals surface area contributed by atoms with Gasteiger partial charge in [-0.2, -0.15) is 0 Å². The molecule has 0 radical (unpaired) electrons. The van der Waals surface area contributed by atoms with Gasteiger partial charge >= 0.3 is 0 Å². The lowest BCUT2D eigenvalue weighted by molar-refractivity contribution is -0.153. The number of carbonyl (C=O) groups is 1. The minimum absolute atomic E-state index is 0.117.